The van der Waals surface area contributed by atoms with Crippen molar-refractivity contribution in [2.75, 3.05) is 26.3 Å². The number of hydrogen-bond donors (Lipinski definition) is 1. The third-order valence-corrected chi connectivity index (χ3v) is 3.18. The molecular formula is C14H28N2O2. The van der Waals surface area contributed by atoms with E-state index in [0.717, 1.165) is 32.5 Å². The van der Waals surface area contributed by atoms with E-state index in [4.69, 9.17) is 4.74 Å². The van der Waals surface area contributed by atoms with Gasteiger partial charge in [0.25, 0.3) is 0 Å². The zero-order valence-electron chi connectivity index (χ0n) is 12.2. The molecule has 0 aromatic rings. The fourth-order valence-corrected chi connectivity index (χ4v) is 2.11. The molecule has 106 valence electrons. The topological polar surface area (TPSA) is 41.6 Å². The van der Waals surface area contributed by atoms with Crippen molar-refractivity contribution in [3.8, 4) is 0 Å². The summed E-state index contributed by atoms with van der Waals surface area (Å²) in [5.74, 6) is 0.911. The van der Waals surface area contributed by atoms with E-state index in [1.54, 1.807) is 0 Å². The molecular weight excluding hydrogens is 228 g/mol. The van der Waals surface area contributed by atoms with Crippen LogP contribution in [0.1, 0.15) is 40.5 Å². The molecule has 0 saturated carbocycles. The van der Waals surface area contributed by atoms with Crippen LogP contribution >= 0.6 is 0 Å². The summed E-state index contributed by atoms with van der Waals surface area (Å²) in [6.07, 6.45) is 2.01. The Morgan fingerprint density at radius 3 is 2.67 bits per heavy atom. The lowest BCUT2D eigenvalue weighted by atomic mass is 10.1. The van der Waals surface area contributed by atoms with Gasteiger partial charge < -0.3 is 15.0 Å². The summed E-state index contributed by atoms with van der Waals surface area (Å²) in [5, 5.41) is 3.31. The van der Waals surface area contributed by atoms with E-state index in [9.17, 15) is 4.79 Å². The first-order valence-corrected chi connectivity index (χ1v) is 7.13. The molecule has 1 N–H and O–H groups in total. The van der Waals surface area contributed by atoms with E-state index in [1.165, 1.54) is 0 Å². The van der Waals surface area contributed by atoms with Gasteiger partial charge in [0.2, 0.25) is 5.91 Å². The van der Waals surface area contributed by atoms with Crippen LogP contribution in [-0.4, -0.2) is 49.2 Å². The molecule has 0 spiro atoms. The van der Waals surface area contributed by atoms with Gasteiger partial charge in [-0.1, -0.05) is 27.7 Å². The average molecular weight is 256 g/mol. The Labute approximate surface area is 111 Å². The lowest BCUT2D eigenvalue weighted by Crippen LogP contribution is -2.42. The summed E-state index contributed by atoms with van der Waals surface area (Å²) in [5.41, 5.74) is 0. The van der Waals surface area contributed by atoms with Crippen LogP contribution in [0.4, 0.5) is 0 Å². The molecule has 1 aliphatic heterocycles. The molecule has 0 bridgehead atoms. The van der Waals surface area contributed by atoms with E-state index in [-0.39, 0.29) is 11.9 Å². The van der Waals surface area contributed by atoms with Crippen molar-refractivity contribution in [1.82, 2.24) is 10.2 Å². The smallest absolute Gasteiger partial charge is 0.239 e. The fraction of sp³-hybridized carbons (Fsp3) is 0.929. The Bertz CT molecular complexity index is 254. The summed E-state index contributed by atoms with van der Waals surface area (Å²) >= 11 is 0. The molecule has 1 heterocycles. The second-order valence-electron chi connectivity index (χ2n) is 5.78. The summed E-state index contributed by atoms with van der Waals surface area (Å²) in [6.45, 7) is 11.6. The first-order chi connectivity index (χ1) is 8.50. The van der Waals surface area contributed by atoms with Crippen LogP contribution in [0.2, 0.25) is 0 Å². The number of nitrogens with one attached hydrogen (secondary N) is 1. The first kappa shape index (κ1) is 15.4. The maximum atomic E-state index is 12.0. The van der Waals surface area contributed by atoms with Crippen molar-refractivity contribution in [3.05, 3.63) is 0 Å². The van der Waals surface area contributed by atoms with Crippen LogP contribution in [0, 0.1) is 5.92 Å². The van der Waals surface area contributed by atoms with Gasteiger partial charge >= 0.3 is 0 Å². The average Bonchev–Trinajstić information content (AvgIpc) is 2.60. The monoisotopic (exact) mass is 256 g/mol. The van der Waals surface area contributed by atoms with Gasteiger partial charge in [-0.25, -0.2) is 0 Å². The Morgan fingerprint density at radius 1 is 1.33 bits per heavy atom. The normalized spacial score (nSPS) is 20.4. The summed E-state index contributed by atoms with van der Waals surface area (Å²) in [7, 11) is 0. The summed E-state index contributed by atoms with van der Waals surface area (Å²) in [6, 6.07) is 0.377. The minimum Gasteiger partial charge on any atom is -0.380 e. The molecule has 4 heteroatoms. The number of rotatable bonds is 8. The largest absolute Gasteiger partial charge is 0.380 e. The zero-order chi connectivity index (χ0) is 13.5. The molecule has 1 saturated heterocycles. The SMILES string of the molecule is CC(C)CCOCCN1CCC(NC(C)C)C1=O. The van der Waals surface area contributed by atoms with Gasteiger partial charge in [-0.05, 0) is 18.8 Å². The Hall–Kier alpha value is -0.610. The Morgan fingerprint density at radius 2 is 2.06 bits per heavy atom. The van der Waals surface area contributed by atoms with Gasteiger partial charge in [0.1, 0.15) is 0 Å². The molecule has 0 aliphatic carbocycles. The predicted molar refractivity (Wildman–Crippen MR) is 73.5 cm³/mol. The lowest BCUT2D eigenvalue weighted by molar-refractivity contribution is -0.130. The van der Waals surface area contributed by atoms with Crippen LogP contribution in [0.15, 0.2) is 0 Å². The summed E-state index contributed by atoms with van der Waals surface area (Å²) < 4.78 is 5.56. The highest BCUT2D eigenvalue weighted by molar-refractivity contribution is 5.84. The Balaban J connectivity index is 2.14. The predicted octanol–water partition coefficient (Wildman–Crippen LogP) is 1.65. The number of likely N-dealkylation sites (tertiary alicyclic amines) is 1. The molecule has 1 fully saturated rings. The number of carbonyl (C=O) groups excluding carboxylic acids is 1. The van der Waals surface area contributed by atoms with Gasteiger partial charge in [-0.3, -0.25) is 4.79 Å². The van der Waals surface area contributed by atoms with E-state index >= 15 is 0 Å². The van der Waals surface area contributed by atoms with E-state index < -0.39 is 0 Å². The lowest BCUT2D eigenvalue weighted by Gasteiger charge is -2.18. The van der Waals surface area contributed by atoms with Crippen molar-refractivity contribution in [1.29, 1.82) is 0 Å². The molecule has 0 radical (unpaired) electrons. The van der Waals surface area contributed by atoms with Crippen molar-refractivity contribution >= 4 is 5.91 Å². The zero-order valence-corrected chi connectivity index (χ0v) is 12.2. The second-order valence-corrected chi connectivity index (χ2v) is 5.78. The number of nitrogens with zero attached hydrogens (tertiary/aromatic N) is 1. The number of amides is 1. The second kappa shape index (κ2) is 7.74. The van der Waals surface area contributed by atoms with Crippen molar-refractivity contribution in [2.45, 2.75) is 52.6 Å². The molecule has 0 aromatic carbocycles. The van der Waals surface area contributed by atoms with Crippen LogP contribution in [0.5, 0.6) is 0 Å². The van der Waals surface area contributed by atoms with Crippen molar-refractivity contribution in [2.24, 2.45) is 5.92 Å². The quantitative estimate of drug-likeness (QED) is 0.671. The standard InChI is InChI=1S/C14H28N2O2/c1-11(2)6-9-18-10-8-16-7-5-13(14(16)17)15-12(3)4/h11-13,15H,5-10H2,1-4H3. The van der Waals surface area contributed by atoms with Crippen LogP contribution < -0.4 is 5.32 Å². The highest BCUT2D eigenvalue weighted by Gasteiger charge is 2.31. The Kier molecular flexibility index (Phi) is 6.65. The van der Waals surface area contributed by atoms with E-state index in [0.29, 0.717) is 18.6 Å². The molecule has 18 heavy (non-hydrogen) atoms. The molecule has 4 nitrogen and oxygen atoms in total. The molecule has 0 aromatic heterocycles. The van der Waals surface area contributed by atoms with Gasteiger partial charge in [-0.15, -0.1) is 0 Å². The third-order valence-electron chi connectivity index (χ3n) is 3.18. The van der Waals surface area contributed by atoms with Gasteiger partial charge in [0.05, 0.1) is 12.6 Å². The fourth-order valence-electron chi connectivity index (χ4n) is 2.11. The molecule has 1 unspecified atom stereocenters. The van der Waals surface area contributed by atoms with Gasteiger partial charge in [0.15, 0.2) is 0 Å². The highest BCUT2D eigenvalue weighted by Crippen LogP contribution is 2.11. The van der Waals surface area contributed by atoms with E-state index in [1.807, 2.05) is 4.90 Å². The van der Waals surface area contributed by atoms with Crippen LogP contribution in [-0.2, 0) is 9.53 Å². The van der Waals surface area contributed by atoms with Crippen LogP contribution in [0.25, 0.3) is 0 Å². The maximum Gasteiger partial charge on any atom is 0.239 e. The van der Waals surface area contributed by atoms with Gasteiger partial charge in [0, 0.05) is 25.7 Å². The number of hydrogen-bond acceptors (Lipinski definition) is 3. The first-order valence-electron chi connectivity index (χ1n) is 7.13. The molecule has 1 rings (SSSR count). The van der Waals surface area contributed by atoms with Crippen molar-refractivity contribution in [3.63, 3.8) is 0 Å². The van der Waals surface area contributed by atoms with Crippen LogP contribution in [0.3, 0.4) is 0 Å². The van der Waals surface area contributed by atoms with Crippen molar-refractivity contribution < 1.29 is 9.53 Å². The number of ether oxygens (including phenoxy) is 1. The molecule has 1 amide bonds. The third kappa shape index (κ3) is 5.36. The molecule has 1 aliphatic rings. The minimum absolute atomic E-state index is 0.0145. The maximum absolute atomic E-state index is 12.0. The molecule has 1 atom stereocenters. The highest BCUT2D eigenvalue weighted by atomic mass is 16.5. The minimum atomic E-state index is 0.0145. The summed E-state index contributed by atoms with van der Waals surface area (Å²) in [4.78, 5) is 13.9. The van der Waals surface area contributed by atoms with E-state index in [2.05, 4.69) is 33.0 Å². The van der Waals surface area contributed by atoms with Gasteiger partial charge in [-0.2, -0.15) is 0 Å². The number of carbonyl (C=O) groups is 1.